The van der Waals surface area contributed by atoms with Crippen LogP contribution in [0.2, 0.25) is 39.3 Å². The molecule has 0 fully saturated rings. The summed E-state index contributed by atoms with van der Waals surface area (Å²) < 4.78 is 15.1. The SMILES string of the molecule is C[Si](C)(C)OC(c1ccccc1)(c1ccccc1)C(O[Si](C)(C)C)(c1ccccc1)c1ccccc1. The molecule has 0 aromatic heterocycles. The van der Waals surface area contributed by atoms with Crippen molar-refractivity contribution in [1.82, 2.24) is 0 Å². The largest absolute Gasteiger partial charge is 0.401 e. The average Bonchev–Trinajstić information content (AvgIpc) is 2.87. The van der Waals surface area contributed by atoms with Gasteiger partial charge < -0.3 is 8.85 Å². The van der Waals surface area contributed by atoms with Crippen molar-refractivity contribution in [2.45, 2.75) is 50.5 Å². The number of hydrogen-bond acceptors (Lipinski definition) is 2. The van der Waals surface area contributed by atoms with Gasteiger partial charge in [0.25, 0.3) is 0 Å². The van der Waals surface area contributed by atoms with E-state index in [9.17, 15) is 0 Å². The maximum absolute atomic E-state index is 7.55. The molecule has 0 heterocycles. The van der Waals surface area contributed by atoms with E-state index in [0.29, 0.717) is 0 Å². The first-order valence-corrected chi connectivity index (χ1v) is 19.5. The third-order valence-corrected chi connectivity index (χ3v) is 7.97. The third-order valence-electron chi connectivity index (χ3n) is 6.14. The molecule has 36 heavy (non-hydrogen) atoms. The fourth-order valence-electron chi connectivity index (χ4n) is 5.14. The fourth-order valence-corrected chi connectivity index (χ4v) is 7.73. The van der Waals surface area contributed by atoms with Gasteiger partial charge in [-0.05, 0) is 61.5 Å². The molecule has 0 unspecified atom stereocenters. The van der Waals surface area contributed by atoms with Crippen LogP contribution in [0.4, 0.5) is 0 Å². The molecule has 186 valence electrons. The van der Waals surface area contributed by atoms with Gasteiger partial charge in [-0.3, -0.25) is 0 Å². The molecule has 0 saturated carbocycles. The molecule has 0 aliphatic heterocycles. The first-order chi connectivity index (χ1) is 17.1. The van der Waals surface area contributed by atoms with Crippen molar-refractivity contribution in [2.75, 3.05) is 0 Å². The zero-order valence-electron chi connectivity index (χ0n) is 22.4. The van der Waals surface area contributed by atoms with E-state index in [0.717, 1.165) is 22.3 Å². The summed E-state index contributed by atoms with van der Waals surface area (Å²) in [5, 5.41) is 0. The minimum Gasteiger partial charge on any atom is -0.401 e. The van der Waals surface area contributed by atoms with Gasteiger partial charge in [-0.15, -0.1) is 0 Å². The number of rotatable bonds is 9. The summed E-state index contributed by atoms with van der Waals surface area (Å²) in [4.78, 5) is 0. The van der Waals surface area contributed by atoms with Crippen LogP contribution in [0.3, 0.4) is 0 Å². The minimum absolute atomic E-state index is 0.928. The Bertz CT molecular complexity index is 1050. The third kappa shape index (κ3) is 5.18. The molecule has 0 atom stereocenters. The van der Waals surface area contributed by atoms with Crippen molar-refractivity contribution in [1.29, 1.82) is 0 Å². The number of benzene rings is 4. The molecule has 2 nitrogen and oxygen atoms in total. The topological polar surface area (TPSA) is 18.5 Å². The van der Waals surface area contributed by atoms with E-state index < -0.39 is 27.8 Å². The highest BCUT2D eigenvalue weighted by Crippen LogP contribution is 2.56. The van der Waals surface area contributed by atoms with Gasteiger partial charge in [0.1, 0.15) is 11.2 Å². The van der Waals surface area contributed by atoms with Crippen molar-refractivity contribution >= 4 is 16.6 Å². The molecule has 0 spiro atoms. The van der Waals surface area contributed by atoms with E-state index in [1.54, 1.807) is 0 Å². The molecule has 0 aliphatic rings. The Morgan fingerprint density at radius 2 is 0.556 bits per heavy atom. The van der Waals surface area contributed by atoms with Crippen molar-refractivity contribution in [3.63, 3.8) is 0 Å². The molecular formula is C32H38O2Si2. The second kappa shape index (κ2) is 10.3. The highest BCUT2D eigenvalue weighted by atomic mass is 28.4. The minimum atomic E-state index is -2.17. The Morgan fingerprint density at radius 1 is 0.361 bits per heavy atom. The summed E-state index contributed by atoms with van der Waals surface area (Å²) in [6, 6.07) is 42.7. The summed E-state index contributed by atoms with van der Waals surface area (Å²) in [6.07, 6.45) is 0. The van der Waals surface area contributed by atoms with Gasteiger partial charge in [0.05, 0.1) is 0 Å². The van der Waals surface area contributed by atoms with Gasteiger partial charge in [-0.25, -0.2) is 0 Å². The summed E-state index contributed by atoms with van der Waals surface area (Å²) in [5.74, 6) is 0. The molecule has 0 amide bonds. The highest BCUT2D eigenvalue weighted by Gasteiger charge is 2.60. The molecule has 4 heteroatoms. The second-order valence-corrected chi connectivity index (χ2v) is 20.1. The lowest BCUT2D eigenvalue weighted by molar-refractivity contribution is -0.0880. The average molecular weight is 511 g/mol. The van der Waals surface area contributed by atoms with Crippen molar-refractivity contribution in [3.8, 4) is 0 Å². The highest BCUT2D eigenvalue weighted by molar-refractivity contribution is 6.70. The summed E-state index contributed by atoms with van der Waals surface area (Å²) in [7, 11) is -4.35. The Kier molecular flexibility index (Phi) is 7.53. The van der Waals surface area contributed by atoms with Crippen molar-refractivity contribution in [3.05, 3.63) is 144 Å². The summed E-state index contributed by atoms with van der Waals surface area (Å²) in [6.45, 7) is 13.6. The molecule has 0 bridgehead atoms. The van der Waals surface area contributed by atoms with Gasteiger partial charge in [0.2, 0.25) is 0 Å². The molecule has 4 aromatic carbocycles. The van der Waals surface area contributed by atoms with Crippen LogP contribution in [-0.4, -0.2) is 16.6 Å². The van der Waals surface area contributed by atoms with Crippen LogP contribution in [0.5, 0.6) is 0 Å². The standard InChI is InChI=1S/C32H38O2Si2/c1-35(2,3)33-31(27-19-11-7-12-20-27,28-21-13-8-14-22-28)32(34-36(4,5)6,29-23-15-9-16-24-29)30-25-17-10-18-26-30/h7-26H,1-6H3. The molecule has 0 radical (unpaired) electrons. The van der Waals surface area contributed by atoms with E-state index in [1.165, 1.54) is 0 Å². The Hall–Kier alpha value is -2.77. The van der Waals surface area contributed by atoms with Crippen LogP contribution < -0.4 is 0 Å². The van der Waals surface area contributed by atoms with E-state index in [2.05, 4.69) is 161 Å². The molecule has 0 saturated heterocycles. The van der Waals surface area contributed by atoms with Gasteiger partial charge in [-0.1, -0.05) is 121 Å². The molecule has 4 aromatic rings. The van der Waals surface area contributed by atoms with Crippen LogP contribution in [-0.2, 0) is 20.1 Å². The van der Waals surface area contributed by atoms with E-state index in [1.807, 2.05) is 0 Å². The van der Waals surface area contributed by atoms with Crippen LogP contribution in [0.25, 0.3) is 0 Å². The van der Waals surface area contributed by atoms with Gasteiger partial charge in [0.15, 0.2) is 16.6 Å². The smallest absolute Gasteiger partial charge is 0.185 e. The summed E-state index contributed by atoms with van der Waals surface area (Å²) in [5.41, 5.74) is 2.50. The predicted octanol–water partition coefficient (Wildman–Crippen LogP) is 8.58. The lowest BCUT2D eigenvalue weighted by atomic mass is 9.66. The van der Waals surface area contributed by atoms with Crippen LogP contribution in [0.15, 0.2) is 121 Å². The van der Waals surface area contributed by atoms with E-state index in [4.69, 9.17) is 8.85 Å². The quantitative estimate of drug-likeness (QED) is 0.210. The van der Waals surface area contributed by atoms with Crippen LogP contribution in [0, 0.1) is 0 Å². The Labute approximate surface area is 219 Å². The Balaban J connectivity index is 2.28. The van der Waals surface area contributed by atoms with Crippen LogP contribution >= 0.6 is 0 Å². The summed E-state index contributed by atoms with van der Waals surface area (Å²) >= 11 is 0. The van der Waals surface area contributed by atoms with Crippen LogP contribution in [0.1, 0.15) is 22.3 Å². The van der Waals surface area contributed by atoms with E-state index in [-0.39, 0.29) is 0 Å². The zero-order valence-corrected chi connectivity index (χ0v) is 24.4. The van der Waals surface area contributed by atoms with Gasteiger partial charge in [0, 0.05) is 0 Å². The normalized spacial score (nSPS) is 12.9. The maximum atomic E-state index is 7.55. The number of hydrogen-bond donors (Lipinski definition) is 0. The molecule has 0 aliphatic carbocycles. The van der Waals surface area contributed by atoms with Crippen molar-refractivity contribution in [2.24, 2.45) is 0 Å². The van der Waals surface area contributed by atoms with Crippen molar-refractivity contribution < 1.29 is 8.85 Å². The predicted molar refractivity (Wildman–Crippen MR) is 156 cm³/mol. The second-order valence-electron chi connectivity index (χ2n) is 11.3. The molecule has 4 rings (SSSR count). The van der Waals surface area contributed by atoms with E-state index >= 15 is 0 Å². The Morgan fingerprint density at radius 3 is 0.722 bits per heavy atom. The maximum Gasteiger partial charge on any atom is 0.185 e. The van der Waals surface area contributed by atoms with Gasteiger partial charge >= 0.3 is 0 Å². The first kappa shape index (κ1) is 26.3. The zero-order chi connectivity index (χ0) is 25.9. The first-order valence-electron chi connectivity index (χ1n) is 12.7. The lowest BCUT2D eigenvalue weighted by Crippen LogP contribution is -2.60. The molecular weight excluding hydrogens is 473 g/mol. The fraction of sp³-hybridized carbons (Fsp3) is 0.250. The molecule has 0 N–H and O–H groups in total. The van der Waals surface area contributed by atoms with Gasteiger partial charge in [-0.2, -0.15) is 0 Å². The lowest BCUT2D eigenvalue weighted by Gasteiger charge is -2.55. The monoisotopic (exact) mass is 510 g/mol.